The highest BCUT2D eigenvalue weighted by atomic mass is 16.5. The molecule has 0 radical (unpaired) electrons. The van der Waals surface area contributed by atoms with Gasteiger partial charge in [-0.2, -0.15) is 0 Å². The normalized spacial score (nSPS) is 14.9. The fourth-order valence-corrected chi connectivity index (χ4v) is 1.94. The SMILES string of the molecule is CNc1ccccc1C(=O)OC1=C(C)CCC1=O. The summed E-state index contributed by atoms with van der Waals surface area (Å²) in [5, 5.41) is 2.92. The zero-order chi connectivity index (χ0) is 13.1. The molecule has 1 aromatic carbocycles. The predicted molar refractivity (Wildman–Crippen MR) is 68.3 cm³/mol. The summed E-state index contributed by atoms with van der Waals surface area (Å²) in [6.45, 7) is 1.82. The van der Waals surface area contributed by atoms with Crippen LogP contribution < -0.4 is 5.32 Å². The second kappa shape index (κ2) is 5.04. The van der Waals surface area contributed by atoms with Gasteiger partial charge in [-0.25, -0.2) is 4.79 Å². The summed E-state index contributed by atoms with van der Waals surface area (Å²) >= 11 is 0. The number of hydrogen-bond acceptors (Lipinski definition) is 4. The molecule has 18 heavy (non-hydrogen) atoms. The Kier molecular flexibility index (Phi) is 3.46. The minimum atomic E-state index is -0.496. The van der Waals surface area contributed by atoms with Crippen molar-refractivity contribution < 1.29 is 14.3 Å². The van der Waals surface area contributed by atoms with Gasteiger partial charge in [-0.15, -0.1) is 0 Å². The molecule has 0 heterocycles. The van der Waals surface area contributed by atoms with E-state index >= 15 is 0 Å². The molecular formula is C14H15NO3. The van der Waals surface area contributed by atoms with Crippen molar-refractivity contribution in [3.63, 3.8) is 0 Å². The van der Waals surface area contributed by atoms with Crippen LogP contribution in [-0.4, -0.2) is 18.8 Å². The van der Waals surface area contributed by atoms with E-state index in [0.717, 1.165) is 5.57 Å². The Balaban J connectivity index is 2.23. The van der Waals surface area contributed by atoms with Crippen LogP contribution in [0.4, 0.5) is 5.69 Å². The van der Waals surface area contributed by atoms with E-state index in [1.807, 2.05) is 13.0 Å². The zero-order valence-electron chi connectivity index (χ0n) is 10.4. The van der Waals surface area contributed by atoms with E-state index in [1.165, 1.54) is 0 Å². The van der Waals surface area contributed by atoms with Gasteiger partial charge in [0.25, 0.3) is 0 Å². The van der Waals surface area contributed by atoms with E-state index in [2.05, 4.69) is 5.32 Å². The smallest absolute Gasteiger partial charge is 0.345 e. The van der Waals surface area contributed by atoms with Gasteiger partial charge in [0.15, 0.2) is 11.5 Å². The molecular weight excluding hydrogens is 230 g/mol. The van der Waals surface area contributed by atoms with E-state index in [4.69, 9.17) is 4.74 Å². The quantitative estimate of drug-likeness (QED) is 0.831. The van der Waals surface area contributed by atoms with Crippen LogP contribution >= 0.6 is 0 Å². The number of rotatable bonds is 3. The maximum absolute atomic E-state index is 12.0. The van der Waals surface area contributed by atoms with Crippen LogP contribution in [-0.2, 0) is 9.53 Å². The third-order valence-corrected chi connectivity index (χ3v) is 2.98. The first-order chi connectivity index (χ1) is 8.63. The largest absolute Gasteiger partial charge is 0.419 e. The molecule has 0 saturated carbocycles. The van der Waals surface area contributed by atoms with Gasteiger partial charge in [0.05, 0.1) is 5.56 Å². The van der Waals surface area contributed by atoms with Crippen molar-refractivity contribution in [2.24, 2.45) is 0 Å². The molecule has 94 valence electrons. The van der Waals surface area contributed by atoms with E-state index in [9.17, 15) is 9.59 Å². The second-order valence-electron chi connectivity index (χ2n) is 4.22. The number of allylic oxidation sites excluding steroid dienone is 2. The van der Waals surface area contributed by atoms with Crippen molar-refractivity contribution >= 4 is 17.4 Å². The number of Topliss-reactive ketones (excluding diaryl/α,β-unsaturated/α-hetero) is 1. The Morgan fingerprint density at radius 1 is 1.28 bits per heavy atom. The Morgan fingerprint density at radius 3 is 2.61 bits per heavy atom. The maximum atomic E-state index is 12.0. The molecule has 1 aromatic rings. The molecule has 0 aromatic heterocycles. The fourth-order valence-electron chi connectivity index (χ4n) is 1.94. The van der Waals surface area contributed by atoms with Gasteiger partial charge in [-0.1, -0.05) is 12.1 Å². The monoisotopic (exact) mass is 245 g/mol. The summed E-state index contributed by atoms with van der Waals surface area (Å²) < 4.78 is 5.22. The molecule has 0 saturated heterocycles. The first kappa shape index (κ1) is 12.4. The van der Waals surface area contributed by atoms with Crippen molar-refractivity contribution in [3.8, 4) is 0 Å². The highest BCUT2D eigenvalue weighted by Gasteiger charge is 2.25. The number of para-hydroxylation sites is 1. The van der Waals surface area contributed by atoms with Crippen molar-refractivity contribution in [1.82, 2.24) is 0 Å². The number of esters is 1. The molecule has 0 atom stereocenters. The van der Waals surface area contributed by atoms with Crippen molar-refractivity contribution in [1.29, 1.82) is 0 Å². The first-order valence-electron chi connectivity index (χ1n) is 5.85. The minimum Gasteiger partial charge on any atom is -0.419 e. The average Bonchev–Trinajstić information content (AvgIpc) is 2.70. The molecule has 2 rings (SSSR count). The van der Waals surface area contributed by atoms with E-state index in [1.54, 1.807) is 25.2 Å². The van der Waals surface area contributed by atoms with E-state index in [0.29, 0.717) is 24.1 Å². The van der Waals surface area contributed by atoms with Gasteiger partial charge in [-0.05, 0) is 31.1 Å². The molecule has 0 unspecified atom stereocenters. The summed E-state index contributed by atoms with van der Waals surface area (Å²) in [4.78, 5) is 23.6. The van der Waals surface area contributed by atoms with Crippen LogP contribution in [0.25, 0.3) is 0 Å². The Bertz CT molecular complexity index is 532. The van der Waals surface area contributed by atoms with Gasteiger partial charge in [0.2, 0.25) is 0 Å². The highest BCUT2D eigenvalue weighted by molar-refractivity contribution is 6.02. The van der Waals surface area contributed by atoms with Gasteiger partial charge >= 0.3 is 5.97 Å². The number of carbonyl (C=O) groups excluding carboxylic acids is 2. The number of benzene rings is 1. The molecule has 1 aliphatic carbocycles. The molecule has 0 amide bonds. The maximum Gasteiger partial charge on any atom is 0.345 e. The lowest BCUT2D eigenvalue weighted by atomic mass is 10.2. The number of ketones is 1. The lowest BCUT2D eigenvalue weighted by Gasteiger charge is -2.09. The Hall–Kier alpha value is -2.10. The van der Waals surface area contributed by atoms with Crippen LogP contribution in [0.1, 0.15) is 30.1 Å². The van der Waals surface area contributed by atoms with Crippen LogP contribution in [0.3, 0.4) is 0 Å². The Morgan fingerprint density at radius 2 is 2.00 bits per heavy atom. The first-order valence-corrected chi connectivity index (χ1v) is 5.85. The number of hydrogen-bond donors (Lipinski definition) is 1. The zero-order valence-corrected chi connectivity index (χ0v) is 10.4. The van der Waals surface area contributed by atoms with E-state index in [-0.39, 0.29) is 11.5 Å². The van der Waals surface area contributed by atoms with Gasteiger partial charge in [0, 0.05) is 19.2 Å². The minimum absolute atomic E-state index is 0.0946. The second-order valence-corrected chi connectivity index (χ2v) is 4.22. The number of anilines is 1. The number of ether oxygens (including phenoxy) is 1. The van der Waals surface area contributed by atoms with Crippen LogP contribution in [0, 0.1) is 0 Å². The summed E-state index contributed by atoms with van der Waals surface area (Å²) in [5.41, 5.74) is 1.96. The molecule has 4 heteroatoms. The van der Waals surface area contributed by atoms with Crippen LogP contribution in [0.15, 0.2) is 35.6 Å². The van der Waals surface area contributed by atoms with E-state index < -0.39 is 5.97 Å². The molecule has 0 aliphatic heterocycles. The topological polar surface area (TPSA) is 55.4 Å². The number of carbonyl (C=O) groups is 2. The number of nitrogens with one attached hydrogen (secondary N) is 1. The standard InChI is InChI=1S/C14H15NO3/c1-9-7-8-12(16)13(9)18-14(17)10-5-3-4-6-11(10)15-2/h3-6,15H,7-8H2,1-2H3. The average molecular weight is 245 g/mol. The molecule has 4 nitrogen and oxygen atoms in total. The third kappa shape index (κ3) is 2.27. The van der Waals surface area contributed by atoms with Gasteiger partial charge in [0.1, 0.15) is 0 Å². The lowest BCUT2D eigenvalue weighted by Crippen LogP contribution is -2.11. The predicted octanol–water partition coefficient (Wildman–Crippen LogP) is 2.52. The molecule has 0 spiro atoms. The van der Waals surface area contributed by atoms with Crippen molar-refractivity contribution in [2.45, 2.75) is 19.8 Å². The lowest BCUT2D eigenvalue weighted by molar-refractivity contribution is -0.117. The van der Waals surface area contributed by atoms with Crippen LogP contribution in [0.2, 0.25) is 0 Å². The highest BCUT2D eigenvalue weighted by Crippen LogP contribution is 2.25. The van der Waals surface area contributed by atoms with Gasteiger partial charge < -0.3 is 10.1 Å². The summed E-state index contributed by atoms with van der Waals surface area (Å²) in [6.07, 6.45) is 1.11. The molecule has 0 bridgehead atoms. The summed E-state index contributed by atoms with van der Waals surface area (Å²) in [6, 6.07) is 7.04. The summed E-state index contributed by atoms with van der Waals surface area (Å²) in [5.74, 6) is -0.377. The third-order valence-electron chi connectivity index (χ3n) is 2.98. The van der Waals surface area contributed by atoms with Crippen molar-refractivity contribution in [2.75, 3.05) is 12.4 Å². The molecule has 0 fully saturated rings. The van der Waals surface area contributed by atoms with Crippen LogP contribution in [0.5, 0.6) is 0 Å². The summed E-state index contributed by atoms with van der Waals surface area (Å²) in [7, 11) is 1.73. The molecule has 1 N–H and O–H groups in total. The fraction of sp³-hybridized carbons (Fsp3) is 0.286. The Labute approximate surface area is 106 Å². The van der Waals surface area contributed by atoms with Crippen molar-refractivity contribution in [3.05, 3.63) is 41.2 Å². The molecule has 1 aliphatic rings. The van der Waals surface area contributed by atoms with Gasteiger partial charge in [-0.3, -0.25) is 4.79 Å².